The Morgan fingerprint density at radius 2 is 2.15 bits per heavy atom. The fraction of sp³-hybridized carbons (Fsp3) is 0.688. The van der Waals surface area contributed by atoms with Crippen LogP contribution >= 0.6 is 0 Å². The van der Waals surface area contributed by atoms with Gasteiger partial charge in [0.05, 0.1) is 18.6 Å². The molecule has 2 aliphatic rings. The molecular weight excluding hydrogens is 256 g/mol. The van der Waals surface area contributed by atoms with Gasteiger partial charge in [0.25, 0.3) is 0 Å². The summed E-state index contributed by atoms with van der Waals surface area (Å²) in [4.78, 5) is 12.0. The summed E-state index contributed by atoms with van der Waals surface area (Å²) in [7, 11) is 1.57. The first kappa shape index (κ1) is 15.3. The predicted molar refractivity (Wildman–Crippen MR) is 76.1 cm³/mol. The Hall–Kier alpha value is -1.13. The van der Waals surface area contributed by atoms with Crippen LogP contribution in [-0.2, 0) is 14.3 Å². The van der Waals surface area contributed by atoms with Gasteiger partial charge in [-0.1, -0.05) is 17.2 Å². The van der Waals surface area contributed by atoms with Crippen molar-refractivity contribution in [2.75, 3.05) is 13.7 Å². The monoisotopic (exact) mass is 280 g/mol. The molecule has 1 fully saturated rings. The highest BCUT2D eigenvalue weighted by atomic mass is 16.6. The zero-order valence-electron chi connectivity index (χ0n) is 12.5. The minimum Gasteiger partial charge on any atom is -0.457 e. The first-order valence-electron chi connectivity index (χ1n) is 7.23. The Morgan fingerprint density at radius 1 is 1.40 bits per heavy atom. The van der Waals surface area contributed by atoms with Gasteiger partial charge < -0.3 is 14.6 Å². The van der Waals surface area contributed by atoms with Crippen LogP contribution in [0.1, 0.15) is 33.1 Å². The maximum atomic E-state index is 12.0. The molecule has 0 radical (unpaired) electrons. The maximum Gasteiger partial charge on any atom is 0.312 e. The molecule has 1 aliphatic carbocycles. The van der Waals surface area contributed by atoms with E-state index in [1.807, 2.05) is 19.9 Å². The Labute approximate surface area is 120 Å². The third-order valence-corrected chi connectivity index (χ3v) is 4.20. The highest BCUT2D eigenvalue weighted by Crippen LogP contribution is 2.36. The van der Waals surface area contributed by atoms with E-state index < -0.39 is 6.10 Å². The predicted octanol–water partition coefficient (Wildman–Crippen LogP) is 2.23. The molecule has 0 saturated carbocycles. The molecule has 0 bridgehead atoms. The molecule has 0 aromatic rings. The topological polar surface area (TPSA) is 55.8 Å². The zero-order valence-corrected chi connectivity index (χ0v) is 12.5. The summed E-state index contributed by atoms with van der Waals surface area (Å²) in [5.41, 5.74) is 2.37. The average Bonchev–Trinajstić information content (AvgIpc) is 2.65. The molecule has 1 heterocycles. The van der Waals surface area contributed by atoms with Crippen LogP contribution < -0.4 is 0 Å². The van der Waals surface area contributed by atoms with E-state index in [0.717, 1.165) is 12.8 Å². The van der Waals surface area contributed by atoms with Gasteiger partial charge in [-0.25, -0.2) is 0 Å². The number of methoxy groups -OCH3 is 1. The third-order valence-electron chi connectivity index (χ3n) is 4.20. The number of hydrogen-bond acceptors (Lipinski definition) is 4. The molecular formula is C16H24O4. The molecule has 4 atom stereocenters. The summed E-state index contributed by atoms with van der Waals surface area (Å²) in [5.74, 6) is -0.860. The number of aliphatic hydroxyl groups is 1. The molecule has 1 N–H and O–H groups in total. The molecule has 4 nitrogen and oxygen atoms in total. The normalized spacial score (nSPS) is 34.9. The van der Waals surface area contributed by atoms with Gasteiger partial charge >= 0.3 is 5.97 Å². The van der Waals surface area contributed by atoms with Crippen molar-refractivity contribution in [2.24, 2.45) is 11.8 Å². The van der Waals surface area contributed by atoms with Crippen molar-refractivity contribution in [3.63, 3.8) is 0 Å². The van der Waals surface area contributed by atoms with Crippen molar-refractivity contribution in [3.05, 3.63) is 23.3 Å². The molecule has 112 valence electrons. The molecule has 20 heavy (non-hydrogen) atoms. The lowest BCUT2D eigenvalue weighted by Crippen LogP contribution is -2.34. The Kier molecular flexibility index (Phi) is 5.00. The lowest BCUT2D eigenvalue weighted by molar-refractivity contribution is -0.144. The van der Waals surface area contributed by atoms with E-state index in [4.69, 9.17) is 9.47 Å². The Bertz CT molecular complexity index is 424. The number of allylic oxidation sites excluding steroid dienone is 2. The second kappa shape index (κ2) is 6.55. The van der Waals surface area contributed by atoms with Crippen molar-refractivity contribution < 1.29 is 19.4 Å². The number of rotatable bonds is 2. The van der Waals surface area contributed by atoms with Crippen LogP contribution in [0.15, 0.2) is 23.3 Å². The SMILES string of the molecule is COC[C@H]1C(=O)O[C@@H]2C=C(C)CCC=C(C)C[C@@H](O)[C@H]21. The summed E-state index contributed by atoms with van der Waals surface area (Å²) < 4.78 is 10.6. The molecule has 0 spiro atoms. The second-order valence-corrected chi connectivity index (χ2v) is 5.91. The number of ether oxygens (including phenoxy) is 2. The van der Waals surface area contributed by atoms with Gasteiger partial charge in [0.2, 0.25) is 0 Å². The van der Waals surface area contributed by atoms with Crippen LogP contribution in [0.5, 0.6) is 0 Å². The van der Waals surface area contributed by atoms with E-state index >= 15 is 0 Å². The highest BCUT2D eigenvalue weighted by molar-refractivity contribution is 5.76. The number of esters is 1. The number of fused-ring (bicyclic) bond motifs is 1. The van der Waals surface area contributed by atoms with E-state index in [1.54, 1.807) is 7.11 Å². The third kappa shape index (κ3) is 3.30. The van der Waals surface area contributed by atoms with Gasteiger partial charge in [-0.15, -0.1) is 0 Å². The highest BCUT2D eigenvalue weighted by Gasteiger charge is 2.47. The minimum atomic E-state index is -0.579. The van der Waals surface area contributed by atoms with E-state index in [1.165, 1.54) is 11.1 Å². The van der Waals surface area contributed by atoms with Crippen LogP contribution in [0.4, 0.5) is 0 Å². The standard InChI is InChI=1S/C16H24O4/c1-10-5-4-6-11(2)8-14-15(13(17)7-10)12(9-19-3)16(18)20-14/h5,8,12-15,17H,4,6-7,9H2,1-3H3/t12-,13-,14-,15-/m1/s1. The minimum absolute atomic E-state index is 0.223. The van der Waals surface area contributed by atoms with Gasteiger partial charge in [-0.3, -0.25) is 4.79 Å². The van der Waals surface area contributed by atoms with Gasteiger partial charge in [0, 0.05) is 13.0 Å². The zero-order chi connectivity index (χ0) is 14.7. The smallest absolute Gasteiger partial charge is 0.312 e. The Balaban J connectivity index is 2.30. The van der Waals surface area contributed by atoms with Gasteiger partial charge in [-0.05, 0) is 39.2 Å². The van der Waals surface area contributed by atoms with Gasteiger partial charge in [0.15, 0.2) is 0 Å². The van der Waals surface area contributed by atoms with Crippen molar-refractivity contribution >= 4 is 5.97 Å². The lowest BCUT2D eigenvalue weighted by atomic mass is 9.82. The maximum absolute atomic E-state index is 12.0. The molecule has 1 saturated heterocycles. The van der Waals surface area contributed by atoms with Crippen LogP contribution in [0.25, 0.3) is 0 Å². The lowest BCUT2D eigenvalue weighted by Gasteiger charge is -2.25. The number of aliphatic hydroxyl groups excluding tert-OH is 1. The molecule has 2 rings (SSSR count). The van der Waals surface area contributed by atoms with Crippen LogP contribution in [0, 0.1) is 11.8 Å². The van der Waals surface area contributed by atoms with Crippen LogP contribution in [-0.4, -0.2) is 37.0 Å². The summed E-state index contributed by atoms with van der Waals surface area (Å²) >= 11 is 0. The van der Waals surface area contributed by atoms with Crippen molar-refractivity contribution in [1.29, 1.82) is 0 Å². The summed E-state index contributed by atoms with van der Waals surface area (Å²) in [6.07, 6.45) is 5.77. The van der Waals surface area contributed by atoms with Crippen molar-refractivity contribution in [3.8, 4) is 0 Å². The largest absolute Gasteiger partial charge is 0.457 e. The second-order valence-electron chi connectivity index (χ2n) is 5.91. The van der Waals surface area contributed by atoms with E-state index in [2.05, 4.69) is 6.08 Å². The number of carbonyl (C=O) groups is 1. The fourth-order valence-electron chi connectivity index (χ4n) is 3.14. The van der Waals surface area contributed by atoms with Crippen molar-refractivity contribution in [1.82, 2.24) is 0 Å². The molecule has 1 aliphatic heterocycles. The van der Waals surface area contributed by atoms with E-state index in [-0.39, 0.29) is 23.9 Å². The number of hydrogen-bond donors (Lipinski definition) is 1. The molecule has 0 amide bonds. The number of carbonyl (C=O) groups excluding carboxylic acids is 1. The summed E-state index contributed by atoms with van der Waals surface area (Å²) in [5, 5.41) is 10.5. The molecule has 0 aromatic carbocycles. The first-order chi connectivity index (χ1) is 9.52. The molecule has 0 aromatic heterocycles. The van der Waals surface area contributed by atoms with Crippen molar-refractivity contribution in [2.45, 2.75) is 45.3 Å². The summed E-state index contributed by atoms with van der Waals surface area (Å²) in [6, 6.07) is 0. The average molecular weight is 280 g/mol. The molecule has 0 unspecified atom stereocenters. The van der Waals surface area contributed by atoms with Gasteiger partial charge in [-0.2, -0.15) is 0 Å². The van der Waals surface area contributed by atoms with Crippen LogP contribution in [0.2, 0.25) is 0 Å². The first-order valence-corrected chi connectivity index (χ1v) is 7.23. The van der Waals surface area contributed by atoms with E-state index in [0.29, 0.717) is 13.0 Å². The summed E-state index contributed by atoms with van der Waals surface area (Å²) in [6.45, 7) is 4.38. The quantitative estimate of drug-likeness (QED) is 0.622. The fourth-order valence-corrected chi connectivity index (χ4v) is 3.14. The molecule has 4 heteroatoms. The van der Waals surface area contributed by atoms with Crippen LogP contribution in [0.3, 0.4) is 0 Å². The Morgan fingerprint density at radius 3 is 2.85 bits per heavy atom. The van der Waals surface area contributed by atoms with E-state index in [9.17, 15) is 9.90 Å². The van der Waals surface area contributed by atoms with Gasteiger partial charge in [0.1, 0.15) is 6.10 Å².